The van der Waals surface area contributed by atoms with E-state index in [2.05, 4.69) is 25.3 Å². The fourth-order valence-corrected chi connectivity index (χ4v) is 3.91. The second-order valence-electron chi connectivity index (χ2n) is 8.54. The number of thiocarbonyl (C=S) groups is 1. The molecule has 228 valence electrons. The molecule has 0 aromatic carbocycles. The van der Waals surface area contributed by atoms with Crippen molar-refractivity contribution in [1.82, 2.24) is 29.7 Å². The smallest absolute Gasteiger partial charge is 0.342 e. The highest BCUT2D eigenvalue weighted by Crippen LogP contribution is 2.27. The molecule has 0 fully saturated rings. The minimum atomic E-state index is -2.21. The molecule has 2 heterocycles. The summed E-state index contributed by atoms with van der Waals surface area (Å²) in [4.78, 5) is 76.3. The number of carboxylic acid groups (broad SMARTS) is 2. The van der Waals surface area contributed by atoms with Crippen molar-refractivity contribution in [3.05, 3.63) is 44.3 Å². The van der Waals surface area contributed by atoms with Crippen molar-refractivity contribution in [2.45, 2.75) is 45.4 Å². The number of hydrogen-bond acceptors (Lipinski definition) is 13. The number of nitrogens with zero attached hydrogens (tertiary/aromatic N) is 6. The number of ether oxygens (including phenoxy) is 2. The average molecular weight is 615 g/mol. The standard InChI is InChI=1S/C21H26N8O12S/c1-12-22-7-16(28(36)37)26(12)5-3-21(19(34)35,4-6-27-13(2)23-8-17(27)29(38)39)41-10-15(31)25-20(42)24-14(30)9-40-11-18(32)33/h7-8H,3-6,9-11H2,1-2H3,(H,32,33)(H,34,35)(H2,24,25,30,31,42). The normalized spacial score (nSPS) is 11.1. The number of rotatable bonds is 16. The van der Waals surface area contributed by atoms with E-state index in [1.54, 1.807) is 0 Å². The van der Waals surface area contributed by atoms with Crippen LogP contribution < -0.4 is 10.6 Å². The van der Waals surface area contributed by atoms with Crippen LogP contribution in [0.5, 0.6) is 0 Å². The summed E-state index contributed by atoms with van der Waals surface area (Å²) < 4.78 is 12.4. The van der Waals surface area contributed by atoms with Crippen molar-refractivity contribution in [3.63, 3.8) is 0 Å². The van der Waals surface area contributed by atoms with Gasteiger partial charge in [0.15, 0.2) is 22.4 Å². The predicted octanol–water partition coefficient (Wildman–Crippen LogP) is -0.548. The first-order valence-electron chi connectivity index (χ1n) is 11.8. The summed E-state index contributed by atoms with van der Waals surface area (Å²) in [5.74, 6) is -5.18. The first-order valence-corrected chi connectivity index (χ1v) is 12.2. The van der Waals surface area contributed by atoms with E-state index in [4.69, 9.17) is 22.1 Å². The van der Waals surface area contributed by atoms with Gasteiger partial charge in [-0.05, 0) is 22.1 Å². The monoisotopic (exact) mass is 614 g/mol. The lowest BCUT2D eigenvalue weighted by Gasteiger charge is -2.28. The zero-order valence-corrected chi connectivity index (χ0v) is 23.0. The number of hydrogen-bond donors (Lipinski definition) is 4. The molecular formula is C21H26N8O12S. The van der Waals surface area contributed by atoms with Crippen molar-refractivity contribution in [1.29, 1.82) is 0 Å². The molecule has 0 unspecified atom stereocenters. The summed E-state index contributed by atoms with van der Waals surface area (Å²) in [5.41, 5.74) is -2.21. The van der Waals surface area contributed by atoms with Crippen molar-refractivity contribution in [2.24, 2.45) is 0 Å². The number of aryl methyl sites for hydroxylation is 2. The van der Waals surface area contributed by atoms with E-state index < -0.39 is 88.6 Å². The molecule has 0 radical (unpaired) electrons. The Labute approximate surface area is 240 Å². The van der Waals surface area contributed by atoms with E-state index in [9.17, 15) is 44.5 Å². The van der Waals surface area contributed by atoms with E-state index in [0.29, 0.717) is 0 Å². The van der Waals surface area contributed by atoms with E-state index in [-0.39, 0.29) is 24.7 Å². The Morgan fingerprint density at radius 1 is 0.905 bits per heavy atom. The van der Waals surface area contributed by atoms with Crippen LogP contribution >= 0.6 is 12.2 Å². The minimum absolute atomic E-state index is 0.202. The highest BCUT2D eigenvalue weighted by molar-refractivity contribution is 7.80. The second kappa shape index (κ2) is 14.7. The van der Waals surface area contributed by atoms with Crippen LogP contribution in [0.4, 0.5) is 11.6 Å². The Morgan fingerprint density at radius 3 is 1.76 bits per heavy atom. The van der Waals surface area contributed by atoms with Gasteiger partial charge in [0.25, 0.3) is 11.8 Å². The quantitative estimate of drug-likeness (QED) is 0.105. The second-order valence-corrected chi connectivity index (χ2v) is 8.95. The number of carbonyl (C=O) groups excluding carboxylic acids is 2. The molecule has 2 aromatic heterocycles. The lowest BCUT2D eigenvalue weighted by atomic mass is 9.94. The maximum atomic E-state index is 12.6. The minimum Gasteiger partial charge on any atom is -0.480 e. The SMILES string of the molecule is Cc1ncc([N+](=O)[O-])n1CCC(CCn1c([N+](=O)[O-])cnc1C)(OCC(=O)NC(=S)NC(=O)COCC(=O)O)C(=O)O. The van der Waals surface area contributed by atoms with Crippen LogP contribution in [0, 0.1) is 34.1 Å². The number of nitro groups is 2. The maximum absolute atomic E-state index is 12.6. The first kappa shape index (κ1) is 33.3. The number of carbonyl (C=O) groups is 4. The number of aromatic nitrogens is 4. The summed E-state index contributed by atoms with van der Waals surface area (Å²) in [6, 6.07) is 0. The van der Waals surface area contributed by atoms with E-state index >= 15 is 0 Å². The van der Waals surface area contributed by atoms with Gasteiger partial charge < -0.3 is 50.5 Å². The van der Waals surface area contributed by atoms with Crippen LogP contribution in [0.3, 0.4) is 0 Å². The lowest BCUT2D eigenvalue weighted by molar-refractivity contribution is -0.392. The van der Waals surface area contributed by atoms with Gasteiger partial charge in [-0.3, -0.25) is 9.59 Å². The molecule has 0 aliphatic heterocycles. The summed E-state index contributed by atoms with van der Waals surface area (Å²) in [7, 11) is 0. The molecule has 4 N–H and O–H groups in total. The molecule has 0 aliphatic rings. The number of aliphatic carboxylic acids is 2. The van der Waals surface area contributed by atoms with E-state index in [0.717, 1.165) is 21.5 Å². The topological polar surface area (TPSA) is 273 Å². The Morgan fingerprint density at radius 2 is 1.36 bits per heavy atom. The predicted molar refractivity (Wildman–Crippen MR) is 140 cm³/mol. The fraction of sp³-hybridized carbons (Fsp3) is 0.476. The molecule has 0 spiro atoms. The van der Waals surface area contributed by atoms with Crippen molar-refractivity contribution in [3.8, 4) is 0 Å². The lowest BCUT2D eigenvalue weighted by Crippen LogP contribution is -2.48. The van der Waals surface area contributed by atoms with E-state index in [1.165, 1.54) is 13.8 Å². The highest BCUT2D eigenvalue weighted by atomic mass is 32.1. The van der Waals surface area contributed by atoms with Crippen LogP contribution in [0.2, 0.25) is 0 Å². The van der Waals surface area contributed by atoms with Crippen LogP contribution in [0.1, 0.15) is 24.5 Å². The Bertz CT molecular complexity index is 1320. The molecule has 2 aromatic rings. The van der Waals surface area contributed by atoms with Gasteiger partial charge >= 0.3 is 23.6 Å². The maximum Gasteiger partial charge on any atom is 0.342 e. The summed E-state index contributed by atoms with van der Waals surface area (Å²) in [6.07, 6.45) is 1.12. The van der Waals surface area contributed by atoms with E-state index in [1.807, 2.05) is 0 Å². The van der Waals surface area contributed by atoms with Gasteiger partial charge in [0.2, 0.25) is 0 Å². The Balaban J connectivity index is 2.21. The Kier molecular flexibility index (Phi) is 11.6. The molecule has 0 atom stereocenters. The first-order chi connectivity index (χ1) is 19.7. The number of amides is 2. The van der Waals surface area contributed by atoms with Crippen molar-refractivity contribution in [2.75, 3.05) is 19.8 Å². The number of nitrogens with one attached hydrogen (secondary N) is 2. The van der Waals surface area contributed by atoms with Gasteiger partial charge in [-0.1, -0.05) is 0 Å². The van der Waals surface area contributed by atoms with Gasteiger partial charge in [0, 0.05) is 26.7 Å². The summed E-state index contributed by atoms with van der Waals surface area (Å²) >= 11 is 4.83. The van der Waals surface area contributed by atoms with Crippen LogP contribution in [0.15, 0.2) is 12.4 Å². The molecule has 20 nitrogen and oxygen atoms in total. The molecule has 0 saturated carbocycles. The zero-order chi connectivity index (χ0) is 31.6. The average Bonchev–Trinajstić information content (AvgIpc) is 3.45. The van der Waals surface area contributed by atoms with Crippen molar-refractivity contribution < 1.29 is 48.7 Å². The molecule has 0 bridgehead atoms. The number of imidazole rings is 2. The molecular weight excluding hydrogens is 588 g/mol. The third-order valence-electron chi connectivity index (χ3n) is 5.75. The molecule has 0 saturated heterocycles. The van der Waals surface area contributed by atoms with Crippen LogP contribution in [-0.4, -0.2) is 93.4 Å². The third kappa shape index (κ3) is 9.07. The zero-order valence-electron chi connectivity index (χ0n) is 22.2. The van der Waals surface area contributed by atoms with Gasteiger partial charge in [0.05, 0.1) is 13.1 Å². The molecule has 0 aliphatic carbocycles. The fourth-order valence-electron chi connectivity index (χ4n) is 3.68. The van der Waals surface area contributed by atoms with Gasteiger partial charge in [-0.25, -0.2) is 28.7 Å². The largest absolute Gasteiger partial charge is 0.480 e. The molecule has 2 amide bonds. The number of carboxylic acids is 2. The van der Waals surface area contributed by atoms with Gasteiger partial charge in [0.1, 0.15) is 32.2 Å². The summed E-state index contributed by atoms with van der Waals surface area (Å²) in [6.45, 7) is 0.00111. The van der Waals surface area contributed by atoms with Gasteiger partial charge in [-0.15, -0.1) is 0 Å². The highest BCUT2D eigenvalue weighted by Gasteiger charge is 2.42. The van der Waals surface area contributed by atoms with Gasteiger partial charge in [-0.2, -0.15) is 0 Å². The molecule has 2 rings (SSSR count). The van der Waals surface area contributed by atoms with Crippen LogP contribution in [0.25, 0.3) is 0 Å². The third-order valence-corrected chi connectivity index (χ3v) is 5.96. The molecule has 21 heteroatoms. The molecule has 42 heavy (non-hydrogen) atoms. The van der Waals surface area contributed by atoms with Crippen LogP contribution in [-0.2, 0) is 41.7 Å². The Hall–Kier alpha value is -4.89. The van der Waals surface area contributed by atoms with Crippen molar-refractivity contribution >= 4 is 52.7 Å². The summed E-state index contributed by atoms with van der Waals surface area (Å²) in [5, 5.41) is 45.1.